The van der Waals surface area contributed by atoms with Crippen molar-refractivity contribution in [1.82, 2.24) is 0 Å². The second kappa shape index (κ2) is 5.91. The number of carbonyl (C=O) groups excluding carboxylic acids is 1. The maximum atomic E-state index is 11.1. The Morgan fingerprint density at radius 2 is 2.28 bits per heavy atom. The number of benzene rings is 1. The first kappa shape index (κ1) is 13.0. The topological polar surface area (TPSA) is 55.1 Å². The average molecular weight is 265 g/mol. The van der Waals surface area contributed by atoms with E-state index in [-0.39, 0.29) is 0 Å². The summed E-state index contributed by atoms with van der Waals surface area (Å²) in [4.78, 5) is 11.1. The highest BCUT2D eigenvalue weighted by Crippen LogP contribution is 2.25. The Hall–Kier alpha value is -1.48. The van der Waals surface area contributed by atoms with E-state index >= 15 is 0 Å². The maximum Gasteiger partial charge on any atom is 0.248 e. The van der Waals surface area contributed by atoms with Gasteiger partial charge in [0.15, 0.2) is 0 Å². The molecule has 3 nitrogen and oxygen atoms in total. The number of primary amides is 1. The molecule has 3 N–H and O–H groups in total. The highest BCUT2D eigenvalue weighted by Gasteiger charge is 2.11. The van der Waals surface area contributed by atoms with Crippen molar-refractivity contribution in [1.29, 1.82) is 0 Å². The van der Waals surface area contributed by atoms with Crippen LogP contribution >= 0.6 is 11.6 Å². The highest BCUT2D eigenvalue weighted by atomic mass is 35.5. The molecule has 1 unspecified atom stereocenters. The van der Waals surface area contributed by atoms with Gasteiger partial charge in [-0.3, -0.25) is 4.79 Å². The average Bonchev–Trinajstić information content (AvgIpc) is 2.38. The molecule has 1 amide bonds. The molecule has 1 aliphatic carbocycles. The van der Waals surface area contributed by atoms with E-state index in [1.807, 2.05) is 0 Å². The zero-order valence-corrected chi connectivity index (χ0v) is 10.9. The largest absolute Gasteiger partial charge is 0.384 e. The summed E-state index contributed by atoms with van der Waals surface area (Å²) in [6.45, 7) is 0.867. The third-order valence-corrected chi connectivity index (χ3v) is 3.54. The molecule has 0 aromatic heterocycles. The van der Waals surface area contributed by atoms with Gasteiger partial charge in [0.05, 0.1) is 10.7 Å². The lowest BCUT2D eigenvalue weighted by Gasteiger charge is -2.19. The molecular formula is C14H17ClN2O. The van der Waals surface area contributed by atoms with Gasteiger partial charge < -0.3 is 11.1 Å². The molecule has 1 aromatic rings. The Kier molecular flexibility index (Phi) is 4.26. The van der Waals surface area contributed by atoms with Crippen LogP contribution in [0.5, 0.6) is 0 Å². The van der Waals surface area contributed by atoms with Crippen molar-refractivity contribution in [2.45, 2.75) is 19.3 Å². The van der Waals surface area contributed by atoms with Crippen LogP contribution in [0.2, 0.25) is 5.02 Å². The summed E-state index contributed by atoms with van der Waals surface area (Å²) in [5, 5.41) is 3.92. The SMILES string of the molecule is NC(=O)c1ccc(Cl)c(NCC2CC=CCC2)c1. The minimum atomic E-state index is -0.435. The summed E-state index contributed by atoms with van der Waals surface area (Å²) in [6, 6.07) is 5.05. The molecule has 4 heteroatoms. The quantitative estimate of drug-likeness (QED) is 0.821. The maximum absolute atomic E-state index is 11.1. The van der Waals surface area contributed by atoms with E-state index in [9.17, 15) is 4.79 Å². The van der Waals surface area contributed by atoms with Crippen molar-refractivity contribution < 1.29 is 4.79 Å². The van der Waals surface area contributed by atoms with Crippen LogP contribution < -0.4 is 11.1 Å². The van der Waals surface area contributed by atoms with Crippen LogP contribution in [0.1, 0.15) is 29.6 Å². The van der Waals surface area contributed by atoms with Crippen LogP contribution in [-0.4, -0.2) is 12.5 Å². The standard InChI is InChI=1S/C14H17ClN2O/c15-12-7-6-11(14(16)18)8-13(12)17-9-10-4-2-1-3-5-10/h1-2,6-8,10,17H,3-5,9H2,(H2,16,18). The summed E-state index contributed by atoms with van der Waals surface area (Å²) in [5.74, 6) is 0.193. The Labute approximate surface area is 112 Å². The van der Waals surface area contributed by atoms with Gasteiger partial charge in [0.25, 0.3) is 0 Å². The smallest absolute Gasteiger partial charge is 0.248 e. The number of nitrogens with two attached hydrogens (primary N) is 1. The molecule has 1 aromatic carbocycles. The molecule has 1 atom stereocenters. The number of halogens is 1. The van der Waals surface area contributed by atoms with E-state index in [2.05, 4.69) is 17.5 Å². The molecule has 0 heterocycles. The zero-order valence-electron chi connectivity index (χ0n) is 10.2. The molecule has 96 valence electrons. The fraction of sp³-hybridized carbons (Fsp3) is 0.357. The molecule has 0 saturated carbocycles. The van der Waals surface area contributed by atoms with Gasteiger partial charge in [-0.05, 0) is 43.4 Å². The van der Waals surface area contributed by atoms with Crippen LogP contribution in [-0.2, 0) is 0 Å². The van der Waals surface area contributed by atoms with Gasteiger partial charge in [-0.25, -0.2) is 0 Å². The first-order valence-electron chi connectivity index (χ1n) is 6.15. The third kappa shape index (κ3) is 3.26. The van der Waals surface area contributed by atoms with Gasteiger partial charge in [-0.15, -0.1) is 0 Å². The van der Waals surface area contributed by atoms with E-state index < -0.39 is 5.91 Å². The lowest BCUT2D eigenvalue weighted by molar-refractivity contribution is 0.100. The van der Waals surface area contributed by atoms with Gasteiger partial charge in [0, 0.05) is 12.1 Å². The first-order valence-corrected chi connectivity index (χ1v) is 6.53. The predicted molar refractivity (Wildman–Crippen MR) is 74.9 cm³/mol. The monoisotopic (exact) mass is 264 g/mol. The molecule has 0 fully saturated rings. The minimum absolute atomic E-state index is 0.435. The van der Waals surface area contributed by atoms with Crippen molar-refractivity contribution in [2.75, 3.05) is 11.9 Å². The van der Waals surface area contributed by atoms with Crippen LogP contribution in [0.15, 0.2) is 30.4 Å². The molecule has 0 aliphatic heterocycles. The van der Waals surface area contributed by atoms with Crippen molar-refractivity contribution >= 4 is 23.2 Å². The molecule has 1 aliphatic rings. The van der Waals surface area contributed by atoms with Crippen LogP contribution in [0.3, 0.4) is 0 Å². The Morgan fingerprint density at radius 3 is 2.94 bits per heavy atom. The van der Waals surface area contributed by atoms with E-state index in [1.165, 1.54) is 6.42 Å². The molecule has 0 radical (unpaired) electrons. The molecule has 0 spiro atoms. The number of rotatable bonds is 4. The normalized spacial score (nSPS) is 18.6. The van der Waals surface area contributed by atoms with Crippen LogP contribution in [0, 0.1) is 5.92 Å². The molecule has 0 bridgehead atoms. The first-order chi connectivity index (χ1) is 8.66. The molecular weight excluding hydrogens is 248 g/mol. The molecule has 0 saturated heterocycles. The second-order valence-electron chi connectivity index (χ2n) is 4.59. The van der Waals surface area contributed by atoms with Crippen LogP contribution in [0.25, 0.3) is 0 Å². The van der Waals surface area contributed by atoms with Gasteiger partial charge in [0.1, 0.15) is 0 Å². The highest BCUT2D eigenvalue weighted by molar-refractivity contribution is 6.33. The number of carbonyl (C=O) groups is 1. The number of anilines is 1. The van der Waals surface area contributed by atoms with Crippen molar-refractivity contribution in [3.63, 3.8) is 0 Å². The Balaban J connectivity index is 2.01. The Morgan fingerprint density at radius 1 is 1.44 bits per heavy atom. The van der Waals surface area contributed by atoms with Gasteiger partial charge >= 0.3 is 0 Å². The summed E-state index contributed by atoms with van der Waals surface area (Å²) in [7, 11) is 0. The minimum Gasteiger partial charge on any atom is -0.384 e. The predicted octanol–water partition coefficient (Wildman–Crippen LogP) is 3.21. The number of amides is 1. The summed E-state index contributed by atoms with van der Waals surface area (Å²) < 4.78 is 0. The lowest BCUT2D eigenvalue weighted by atomic mass is 9.94. The fourth-order valence-corrected chi connectivity index (χ4v) is 2.29. The van der Waals surface area contributed by atoms with E-state index in [4.69, 9.17) is 17.3 Å². The van der Waals surface area contributed by atoms with Crippen molar-refractivity contribution in [2.24, 2.45) is 11.7 Å². The molecule has 18 heavy (non-hydrogen) atoms. The second-order valence-corrected chi connectivity index (χ2v) is 5.00. The van der Waals surface area contributed by atoms with Gasteiger partial charge in [0.2, 0.25) is 5.91 Å². The van der Waals surface area contributed by atoms with Crippen molar-refractivity contribution in [3.8, 4) is 0 Å². The van der Waals surface area contributed by atoms with Crippen molar-refractivity contribution in [3.05, 3.63) is 40.9 Å². The van der Waals surface area contributed by atoms with Gasteiger partial charge in [-0.2, -0.15) is 0 Å². The number of allylic oxidation sites excluding steroid dienone is 2. The summed E-state index contributed by atoms with van der Waals surface area (Å²) in [5.41, 5.74) is 6.51. The number of hydrogen-bond acceptors (Lipinski definition) is 2. The van der Waals surface area contributed by atoms with E-state index in [0.717, 1.165) is 25.1 Å². The third-order valence-electron chi connectivity index (χ3n) is 3.21. The number of nitrogens with one attached hydrogen (secondary N) is 1. The van der Waals surface area contributed by atoms with E-state index in [0.29, 0.717) is 16.5 Å². The summed E-state index contributed by atoms with van der Waals surface area (Å²) >= 11 is 6.09. The fourth-order valence-electron chi connectivity index (χ4n) is 2.11. The number of hydrogen-bond donors (Lipinski definition) is 2. The van der Waals surface area contributed by atoms with E-state index in [1.54, 1.807) is 18.2 Å². The van der Waals surface area contributed by atoms with Crippen LogP contribution in [0.4, 0.5) is 5.69 Å². The zero-order chi connectivity index (χ0) is 13.0. The van der Waals surface area contributed by atoms with Gasteiger partial charge in [-0.1, -0.05) is 23.8 Å². The summed E-state index contributed by atoms with van der Waals surface area (Å²) in [6.07, 6.45) is 7.87. The Bertz CT molecular complexity index is 471. The lowest BCUT2D eigenvalue weighted by Crippen LogP contribution is -2.16. The molecule has 2 rings (SSSR count).